The fourth-order valence-electron chi connectivity index (χ4n) is 5.13. The number of carbonyl (C=O) groups excluding carboxylic acids is 2. The van der Waals surface area contributed by atoms with Gasteiger partial charge < -0.3 is 9.47 Å². The van der Waals surface area contributed by atoms with Crippen LogP contribution < -0.4 is 0 Å². The molecule has 1 atom stereocenters. The molecule has 1 rings (SSSR count). The van der Waals surface area contributed by atoms with E-state index in [0.29, 0.717) is 12.8 Å². The maximum Gasteiger partial charge on any atom is 0.306 e. The molecule has 0 aliphatic carbocycles. The van der Waals surface area contributed by atoms with Crippen LogP contribution in [0.1, 0.15) is 181 Å². The van der Waals surface area contributed by atoms with Crippen LogP contribution >= 0.6 is 0 Å². The van der Waals surface area contributed by atoms with Gasteiger partial charge in [-0.1, -0.05) is 123 Å². The largest absolute Gasteiger partial charge is 0.462 e. The molecular formula is C33H62N2O4. The fraction of sp³-hybridized carbons (Fsp3) is 0.939. The second kappa shape index (κ2) is 24.3. The van der Waals surface area contributed by atoms with E-state index in [9.17, 15) is 9.59 Å². The van der Waals surface area contributed by atoms with Gasteiger partial charge in [-0.2, -0.15) is 10.2 Å². The van der Waals surface area contributed by atoms with E-state index in [1.54, 1.807) is 6.92 Å². The molecule has 0 aromatic heterocycles. The fourth-order valence-corrected chi connectivity index (χ4v) is 5.13. The molecule has 1 unspecified atom stereocenters. The van der Waals surface area contributed by atoms with Gasteiger partial charge in [0.2, 0.25) is 0 Å². The van der Waals surface area contributed by atoms with Gasteiger partial charge in [-0.25, -0.2) is 0 Å². The average molecular weight is 551 g/mol. The van der Waals surface area contributed by atoms with Crippen molar-refractivity contribution in [2.24, 2.45) is 10.2 Å². The Morgan fingerprint density at radius 2 is 0.974 bits per heavy atom. The summed E-state index contributed by atoms with van der Waals surface area (Å²) < 4.78 is 10.7. The molecule has 1 heterocycles. The van der Waals surface area contributed by atoms with Crippen LogP contribution in [-0.4, -0.2) is 30.3 Å². The van der Waals surface area contributed by atoms with Gasteiger partial charge >= 0.3 is 11.9 Å². The van der Waals surface area contributed by atoms with Crippen molar-refractivity contribution in [1.82, 2.24) is 0 Å². The van der Waals surface area contributed by atoms with Crippen molar-refractivity contribution in [1.29, 1.82) is 0 Å². The van der Waals surface area contributed by atoms with Gasteiger partial charge in [0, 0.05) is 12.8 Å². The Balaban J connectivity index is 1.84. The zero-order valence-electron chi connectivity index (χ0n) is 26.0. The average Bonchev–Trinajstić information content (AvgIpc) is 3.70. The summed E-state index contributed by atoms with van der Waals surface area (Å²) in [6.07, 6.45) is 28.6. The van der Waals surface area contributed by atoms with Crippen LogP contribution in [-0.2, 0) is 19.1 Å². The normalized spacial score (nSPS) is 14.3. The first-order chi connectivity index (χ1) is 19.0. The Morgan fingerprint density at radius 1 is 0.564 bits per heavy atom. The third kappa shape index (κ3) is 22.0. The molecule has 6 heteroatoms. The number of rotatable bonds is 29. The lowest BCUT2D eigenvalue weighted by Gasteiger charge is -2.13. The van der Waals surface area contributed by atoms with E-state index in [-0.39, 0.29) is 30.3 Å². The Kier molecular flexibility index (Phi) is 22.2. The lowest BCUT2D eigenvalue weighted by molar-refractivity contribution is -0.158. The molecule has 0 amide bonds. The van der Waals surface area contributed by atoms with Crippen LogP contribution in [0.25, 0.3) is 0 Å². The molecule has 0 saturated carbocycles. The number of hydrogen-bond donors (Lipinski definition) is 0. The van der Waals surface area contributed by atoms with Crippen molar-refractivity contribution >= 4 is 11.9 Å². The first kappa shape index (κ1) is 35.6. The van der Waals surface area contributed by atoms with Crippen LogP contribution in [0.15, 0.2) is 10.2 Å². The van der Waals surface area contributed by atoms with E-state index in [0.717, 1.165) is 44.9 Å². The van der Waals surface area contributed by atoms with Crippen molar-refractivity contribution in [3.05, 3.63) is 0 Å². The van der Waals surface area contributed by atoms with E-state index >= 15 is 0 Å². The molecule has 0 aromatic carbocycles. The van der Waals surface area contributed by atoms with Gasteiger partial charge in [0.25, 0.3) is 0 Å². The van der Waals surface area contributed by atoms with E-state index in [1.165, 1.54) is 103 Å². The minimum atomic E-state index is -0.383. The minimum Gasteiger partial charge on any atom is -0.462 e. The number of esters is 2. The SMILES string of the molecule is CCCCCCCCCCCCCCCC(=O)OCC(C)OC(=O)CCCCCCCCC1(CCCC)N=N1. The molecule has 1 aliphatic heterocycles. The topological polar surface area (TPSA) is 77.3 Å². The molecular weight excluding hydrogens is 488 g/mol. The Labute approximate surface area is 240 Å². The van der Waals surface area contributed by atoms with Crippen molar-refractivity contribution in [2.75, 3.05) is 6.61 Å². The lowest BCUT2D eigenvalue weighted by Crippen LogP contribution is -2.22. The lowest BCUT2D eigenvalue weighted by atomic mass is 9.98. The molecule has 0 fully saturated rings. The summed E-state index contributed by atoms with van der Waals surface area (Å²) in [6, 6.07) is 0. The van der Waals surface area contributed by atoms with Gasteiger partial charge in [0.05, 0.1) is 0 Å². The van der Waals surface area contributed by atoms with E-state index in [2.05, 4.69) is 24.1 Å². The van der Waals surface area contributed by atoms with Crippen LogP contribution in [0.3, 0.4) is 0 Å². The summed E-state index contributed by atoms with van der Waals surface area (Å²) in [4.78, 5) is 24.0. The molecule has 1 aliphatic rings. The van der Waals surface area contributed by atoms with Gasteiger partial charge in [-0.15, -0.1) is 0 Å². The number of carbonyl (C=O) groups is 2. The molecule has 0 aromatic rings. The first-order valence-electron chi connectivity index (χ1n) is 16.8. The van der Waals surface area contributed by atoms with Gasteiger partial charge in [0.15, 0.2) is 5.66 Å². The predicted molar refractivity (Wildman–Crippen MR) is 161 cm³/mol. The molecule has 0 bridgehead atoms. The first-order valence-corrected chi connectivity index (χ1v) is 16.8. The van der Waals surface area contributed by atoms with E-state index < -0.39 is 0 Å². The summed E-state index contributed by atoms with van der Waals surface area (Å²) in [5.41, 5.74) is -0.0169. The van der Waals surface area contributed by atoms with E-state index in [4.69, 9.17) is 9.47 Å². The molecule has 0 spiro atoms. The quantitative estimate of drug-likeness (QED) is 0.0685. The van der Waals surface area contributed by atoms with Crippen molar-refractivity contribution < 1.29 is 19.1 Å². The highest BCUT2D eigenvalue weighted by atomic mass is 16.6. The third-order valence-corrected chi connectivity index (χ3v) is 7.82. The number of nitrogens with zero attached hydrogens (tertiary/aromatic N) is 2. The molecule has 0 N–H and O–H groups in total. The summed E-state index contributed by atoms with van der Waals surface area (Å²) >= 11 is 0. The van der Waals surface area contributed by atoms with Crippen LogP contribution in [0.5, 0.6) is 0 Å². The highest BCUT2D eigenvalue weighted by molar-refractivity contribution is 5.70. The highest BCUT2D eigenvalue weighted by Gasteiger charge is 2.37. The maximum atomic E-state index is 12.1. The Morgan fingerprint density at radius 3 is 1.46 bits per heavy atom. The Hall–Kier alpha value is -1.46. The van der Waals surface area contributed by atoms with Crippen molar-refractivity contribution in [3.8, 4) is 0 Å². The maximum absolute atomic E-state index is 12.1. The second-order valence-electron chi connectivity index (χ2n) is 11.9. The number of hydrogen-bond acceptors (Lipinski definition) is 6. The molecule has 0 radical (unpaired) electrons. The molecule has 6 nitrogen and oxygen atoms in total. The third-order valence-electron chi connectivity index (χ3n) is 7.82. The van der Waals surface area contributed by atoms with Gasteiger partial charge in [-0.05, 0) is 45.4 Å². The molecule has 228 valence electrons. The summed E-state index contributed by atoms with van der Waals surface area (Å²) in [5, 5.41) is 8.54. The smallest absolute Gasteiger partial charge is 0.306 e. The summed E-state index contributed by atoms with van der Waals surface area (Å²) in [7, 11) is 0. The molecule has 0 saturated heterocycles. The van der Waals surface area contributed by atoms with E-state index in [1.807, 2.05) is 0 Å². The van der Waals surface area contributed by atoms with Crippen molar-refractivity contribution in [2.45, 2.75) is 193 Å². The monoisotopic (exact) mass is 550 g/mol. The Bertz CT molecular complexity index is 631. The van der Waals surface area contributed by atoms with Crippen LogP contribution in [0.4, 0.5) is 0 Å². The van der Waals surface area contributed by atoms with Crippen molar-refractivity contribution in [3.63, 3.8) is 0 Å². The standard InChI is InChI=1S/C33H62N2O4/c1-4-6-8-9-10-11-12-13-14-15-16-19-22-25-31(36)38-29-30(3)39-32(37)26-23-20-17-18-21-24-28-33(34-35-33)27-7-5-2/h30H,4-29H2,1-3H3. The number of ether oxygens (including phenoxy) is 2. The van der Waals surface area contributed by atoms with Gasteiger partial charge in [-0.3, -0.25) is 9.59 Å². The zero-order valence-corrected chi connectivity index (χ0v) is 26.0. The number of unbranched alkanes of at least 4 members (excludes halogenated alkanes) is 18. The minimum absolute atomic E-state index is 0.0169. The van der Waals surface area contributed by atoms with Crippen LogP contribution in [0, 0.1) is 0 Å². The zero-order chi connectivity index (χ0) is 28.4. The van der Waals surface area contributed by atoms with Gasteiger partial charge in [0.1, 0.15) is 12.7 Å². The summed E-state index contributed by atoms with van der Waals surface area (Å²) in [5.74, 6) is -0.369. The summed E-state index contributed by atoms with van der Waals surface area (Å²) in [6.45, 7) is 6.43. The molecule has 39 heavy (non-hydrogen) atoms. The second-order valence-corrected chi connectivity index (χ2v) is 11.9. The highest BCUT2D eigenvalue weighted by Crippen LogP contribution is 2.38. The predicted octanol–water partition coefficient (Wildman–Crippen LogP) is 10.4. The van der Waals surface area contributed by atoms with Crippen LogP contribution in [0.2, 0.25) is 0 Å².